The van der Waals surface area contributed by atoms with E-state index >= 15 is 0 Å². The van der Waals surface area contributed by atoms with E-state index in [9.17, 15) is 22.4 Å². The average Bonchev–Trinajstić information content (AvgIpc) is 2.52. The fraction of sp³-hybridized carbons (Fsp3) is 0.467. The number of nitrogens with one attached hydrogen (secondary N) is 2. The second-order valence-electron chi connectivity index (χ2n) is 5.42. The smallest absolute Gasteiger partial charge is 0.254 e. The number of sulfonamides is 1. The fourth-order valence-electron chi connectivity index (χ4n) is 1.79. The zero-order chi connectivity index (χ0) is 18.5. The van der Waals surface area contributed by atoms with Crippen molar-refractivity contribution in [3.8, 4) is 0 Å². The van der Waals surface area contributed by atoms with Gasteiger partial charge in [-0.25, -0.2) is 17.1 Å². The summed E-state index contributed by atoms with van der Waals surface area (Å²) in [6.07, 6.45) is 0.742. The topological polar surface area (TPSA) is 95.6 Å². The van der Waals surface area contributed by atoms with E-state index in [0.717, 1.165) is 28.9 Å². The van der Waals surface area contributed by atoms with Crippen LogP contribution in [0.25, 0.3) is 0 Å². The lowest BCUT2D eigenvalue weighted by Crippen LogP contribution is -2.45. The van der Waals surface area contributed by atoms with E-state index in [1.807, 2.05) is 6.92 Å². The molecule has 0 aliphatic heterocycles. The Morgan fingerprint density at radius 2 is 1.92 bits per heavy atom. The minimum Gasteiger partial charge on any atom is -0.354 e. The molecule has 0 radical (unpaired) electrons. The van der Waals surface area contributed by atoms with Crippen molar-refractivity contribution in [2.45, 2.75) is 31.2 Å². The number of hydrogen-bond donors (Lipinski definition) is 2. The summed E-state index contributed by atoms with van der Waals surface area (Å²) < 4.78 is 39.0. The third-order valence-corrected chi connectivity index (χ3v) is 5.06. The Balaban J connectivity index is 3.01. The minimum atomic E-state index is -3.80. The van der Waals surface area contributed by atoms with Gasteiger partial charge in [-0.15, -0.1) is 0 Å². The molecule has 2 N–H and O–H groups in total. The molecule has 1 atom stereocenters. The van der Waals surface area contributed by atoms with Gasteiger partial charge in [0.1, 0.15) is 11.9 Å². The van der Waals surface area contributed by atoms with E-state index in [1.165, 1.54) is 21.0 Å². The molecule has 9 heteroatoms. The van der Waals surface area contributed by atoms with Gasteiger partial charge in [0.25, 0.3) is 5.91 Å². The van der Waals surface area contributed by atoms with Crippen LogP contribution in [0.1, 0.15) is 30.6 Å². The van der Waals surface area contributed by atoms with Gasteiger partial charge in [-0.05, 0) is 31.5 Å². The first-order valence-electron chi connectivity index (χ1n) is 7.42. The van der Waals surface area contributed by atoms with Crippen LogP contribution in [0.3, 0.4) is 0 Å². The van der Waals surface area contributed by atoms with Gasteiger partial charge in [-0.3, -0.25) is 9.59 Å². The van der Waals surface area contributed by atoms with Gasteiger partial charge in [0.15, 0.2) is 0 Å². The largest absolute Gasteiger partial charge is 0.354 e. The van der Waals surface area contributed by atoms with Crippen LogP contribution in [0.15, 0.2) is 23.1 Å². The van der Waals surface area contributed by atoms with Crippen molar-refractivity contribution in [1.82, 2.24) is 14.9 Å². The van der Waals surface area contributed by atoms with Crippen LogP contribution in [0.2, 0.25) is 0 Å². The van der Waals surface area contributed by atoms with E-state index in [4.69, 9.17) is 0 Å². The Morgan fingerprint density at radius 3 is 2.46 bits per heavy atom. The molecule has 0 aliphatic rings. The van der Waals surface area contributed by atoms with Gasteiger partial charge in [0.2, 0.25) is 15.9 Å². The maximum atomic E-state index is 13.9. The molecule has 1 aromatic carbocycles. The molecular formula is C15H22FN3O4S. The zero-order valence-electron chi connectivity index (χ0n) is 14.1. The monoisotopic (exact) mass is 359 g/mol. The van der Waals surface area contributed by atoms with Crippen LogP contribution in [0, 0.1) is 5.82 Å². The maximum Gasteiger partial charge on any atom is 0.254 e. The predicted molar refractivity (Wildman–Crippen MR) is 87.5 cm³/mol. The third-order valence-electron chi connectivity index (χ3n) is 3.25. The lowest BCUT2D eigenvalue weighted by atomic mass is 10.2. The average molecular weight is 359 g/mol. The van der Waals surface area contributed by atoms with Crippen molar-refractivity contribution in [1.29, 1.82) is 0 Å². The molecule has 0 saturated heterocycles. The van der Waals surface area contributed by atoms with E-state index in [1.54, 1.807) is 0 Å². The van der Waals surface area contributed by atoms with E-state index in [-0.39, 0.29) is 4.90 Å². The van der Waals surface area contributed by atoms with E-state index < -0.39 is 39.3 Å². The van der Waals surface area contributed by atoms with Crippen LogP contribution in [-0.2, 0) is 14.8 Å². The van der Waals surface area contributed by atoms with Crippen LogP contribution < -0.4 is 10.6 Å². The number of amides is 2. The molecule has 0 saturated carbocycles. The number of carbonyl (C=O) groups is 2. The lowest BCUT2D eigenvalue weighted by Gasteiger charge is -2.15. The summed E-state index contributed by atoms with van der Waals surface area (Å²) in [5.41, 5.74) is -0.437. The van der Waals surface area contributed by atoms with Crippen LogP contribution in [0.5, 0.6) is 0 Å². The Labute approximate surface area is 141 Å². The quantitative estimate of drug-likeness (QED) is 0.750. The zero-order valence-corrected chi connectivity index (χ0v) is 14.9. The molecule has 2 amide bonds. The van der Waals surface area contributed by atoms with Gasteiger partial charge in [-0.1, -0.05) is 6.92 Å². The molecule has 0 spiro atoms. The van der Waals surface area contributed by atoms with Gasteiger partial charge >= 0.3 is 0 Å². The van der Waals surface area contributed by atoms with Crippen LogP contribution in [-0.4, -0.2) is 51.2 Å². The number of rotatable bonds is 7. The van der Waals surface area contributed by atoms with Crippen molar-refractivity contribution in [3.63, 3.8) is 0 Å². The third kappa shape index (κ3) is 4.75. The summed E-state index contributed by atoms with van der Waals surface area (Å²) in [6, 6.07) is 2.07. The normalized spacial score (nSPS) is 12.8. The molecule has 0 unspecified atom stereocenters. The standard InChI is InChI=1S/C15H22FN3O4S/c1-5-8-17-14(20)10(2)18-15(21)12-9-11(6-7-13(12)16)24(22,23)19(3)4/h6-7,9-10H,5,8H2,1-4H3,(H,17,20)(H,18,21)/t10-/m1/s1. The molecule has 134 valence electrons. The molecule has 0 aliphatic carbocycles. The predicted octanol–water partition coefficient (Wildman–Crippen LogP) is 0.720. The second kappa shape index (κ2) is 8.20. The minimum absolute atomic E-state index is 0.206. The molecule has 1 aromatic rings. The summed E-state index contributed by atoms with van der Waals surface area (Å²) in [5.74, 6) is -2.13. The molecule has 24 heavy (non-hydrogen) atoms. The van der Waals surface area contributed by atoms with E-state index in [0.29, 0.717) is 6.54 Å². The van der Waals surface area contributed by atoms with Gasteiger partial charge in [0, 0.05) is 20.6 Å². The summed E-state index contributed by atoms with van der Waals surface area (Å²) in [4.78, 5) is 23.7. The second-order valence-corrected chi connectivity index (χ2v) is 7.57. The highest BCUT2D eigenvalue weighted by atomic mass is 32.2. The highest BCUT2D eigenvalue weighted by Gasteiger charge is 2.23. The number of carbonyl (C=O) groups excluding carboxylic acids is 2. The molecule has 1 rings (SSSR count). The molecular weight excluding hydrogens is 337 g/mol. The Morgan fingerprint density at radius 1 is 1.29 bits per heavy atom. The van der Waals surface area contributed by atoms with Crippen molar-refractivity contribution in [2.75, 3.05) is 20.6 Å². The molecule has 7 nitrogen and oxygen atoms in total. The van der Waals surface area contributed by atoms with E-state index in [2.05, 4.69) is 10.6 Å². The van der Waals surface area contributed by atoms with Crippen molar-refractivity contribution < 1.29 is 22.4 Å². The first-order chi connectivity index (χ1) is 11.1. The van der Waals surface area contributed by atoms with Gasteiger partial charge in [0.05, 0.1) is 10.5 Å². The Kier molecular flexibility index (Phi) is 6.85. The summed E-state index contributed by atoms with van der Waals surface area (Å²) in [7, 11) is -1.14. The summed E-state index contributed by atoms with van der Waals surface area (Å²) in [5, 5.41) is 4.96. The SMILES string of the molecule is CCCNC(=O)[C@@H](C)NC(=O)c1cc(S(=O)(=O)N(C)C)ccc1F. The number of nitrogens with zero attached hydrogens (tertiary/aromatic N) is 1. The number of halogens is 1. The maximum absolute atomic E-state index is 13.9. The van der Waals surface area contributed by atoms with Gasteiger partial charge < -0.3 is 10.6 Å². The van der Waals surface area contributed by atoms with Crippen molar-refractivity contribution >= 4 is 21.8 Å². The van der Waals surface area contributed by atoms with Gasteiger partial charge in [-0.2, -0.15) is 0 Å². The Hall–Kier alpha value is -2.00. The van der Waals surface area contributed by atoms with Crippen LogP contribution in [0.4, 0.5) is 4.39 Å². The highest BCUT2D eigenvalue weighted by Crippen LogP contribution is 2.17. The highest BCUT2D eigenvalue weighted by molar-refractivity contribution is 7.89. The number of hydrogen-bond acceptors (Lipinski definition) is 4. The summed E-state index contributed by atoms with van der Waals surface area (Å²) >= 11 is 0. The first kappa shape index (κ1) is 20.0. The molecule has 0 bridgehead atoms. The van der Waals surface area contributed by atoms with Crippen molar-refractivity contribution in [2.24, 2.45) is 0 Å². The fourth-order valence-corrected chi connectivity index (χ4v) is 2.72. The summed E-state index contributed by atoms with van der Waals surface area (Å²) in [6.45, 7) is 3.81. The number of benzene rings is 1. The molecule has 0 heterocycles. The lowest BCUT2D eigenvalue weighted by molar-refractivity contribution is -0.122. The van der Waals surface area contributed by atoms with Crippen molar-refractivity contribution in [3.05, 3.63) is 29.6 Å². The molecule has 0 aromatic heterocycles. The first-order valence-corrected chi connectivity index (χ1v) is 8.86. The Bertz CT molecular complexity index is 719. The van der Waals surface area contributed by atoms with Crippen LogP contribution >= 0.6 is 0 Å². The molecule has 0 fully saturated rings.